The van der Waals surface area contributed by atoms with Crippen molar-refractivity contribution in [1.29, 1.82) is 0 Å². The summed E-state index contributed by atoms with van der Waals surface area (Å²) in [6, 6.07) is 5.29. The number of carbonyl (C=O) groups excluding carboxylic acids is 2. The van der Waals surface area contributed by atoms with E-state index in [0.29, 0.717) is 30.4 Å². The van der Waals surface area contributed by atoms with Crippen LogP contribution in [-0.4, -0.2) is 42.5 Å². The lowest BCUT2D eigenvalue weighted by atomic mass is 10.1. The minimum absolute atomic E-state index is 0.0152. The van der Waals surface area contributed by atoms with Crippen LogP contribution in [0.5, 0.6) is 0 Å². The number of benzene rings is 1. The van der Waals surface area contributed by atoms with Gasteiger partial charge in [-0.05, 0) is 31.5 Å². The Morgan fingerprint density at radius 3 is 3.00 bits per heavy atom. The molecule has 0 saturated carbocycles. The van der Waals surface area contributed by atoms with E-state index in [1.165, 1.54) is 0 Å². The van der Waals surface area contributed by atoms with Crippen LogP contribution in [0.15, 0.2) is 18.2 Å². The number of halogens is 1. The Bertz CT molecular complexity index is 548. The minimum atomic E-state index is -0.696. The van der Waals surface area contributed by atoms with E-state index in [-0.39, 0.29) is 18.2 Å². The van der Waals surface area contributed by atoms with E-state index in [1.807, 2.05) is 19.9 Å². The van der Waals surface area contributed by atoms with Crippen molar-refractivity contribution in [3.63, 3.8) is 0 Å². The third kappa shape index (κ3) is 3.95. The Morgan fingerprint density at radius 1 is 1.52 bits per heavy atom. The number of amides is 2. The topological polar surface area (TPSA) is 58.6 Å². The van der Waals surface area contributed by atoms with Crippen LogP contribution in [0.3, 0.4) is 0 Å². The highest BCUT2D eigenvalue weighted by molar-refractivity contribution is 6.31. The molecule has 6 heteroatoms. The molecular formula is C15H19ClN2O3. The zero-order valence-corrected chi connectivity index (χ0v) is 12.9. The van der Waals surface area contributed by atoms with E-state index < -0.39 is 6.10 Å². The number of ether oxygens (including phenoxy) is 1. The number of hydrogen-bond donors (Lipinski definition) is 1. The molecule has 2 rings (SSSR count). The molecule has 1 N–H and O–H groups in total. The monoisotopic (exact) mass is 310 g/mol. The van der Waals surface area contributed by atoms with Crippen molar-refractivity contribution < 1.29 is 14.3 Å². The number of aryl methyl sites for hydroxylation is 1. The number of nitrogens with one attached hydrogen (secondary N) is 1. The van der Waals surface area contributed by atoms with Gasteiger partial charge in [-0.15, -0.1) is 0 Å². The van der Waals surface area contributed by atoms with Gasteiger partial charge in [0, 0.05) is 23.8 Å². The second-order valence-corrected chi connectivity index (χ2v) is 5.43. The molecule has 1 aliphatic rings. The highest BCUT2D eigenvalue weighted by atomic mass is 35.5. The average molecular weight is 311 g/mol. The molecule has 1 aromatic carbocycles. The van der Waals surface area contributed by atoms with Crippen LogP contribution in [0.1, 0.15) is 18.9 Å². The SMILES string of the molecule is CCN1CCO[C@H](CC(=O)Nc2cc(Cl)ccc2C)C1=O. The fraction of sp³-hybridized carbons (Fsp3) is 0.467. The first kappa shape index (κ1) is 15.8. The molecule has 0 spiro atoms. The molecule has 5 nitrogen and oxygen atoms in total. The molecule has 0 aromatic heterocycles. The summed E-state index contributed by atoms with van der Waals surface area (Å²) in [5.74, 6) is -0.376. The van der Waals surface area contributed by atoms with Gasteiger partial charge < -0.3 is 15.0 Å². The smallest absolute Gasteiger partial charge is 0.252 e. The maximum absolute atomic E-state index is 12.1. The summed E-state index contributed by atoms with van der Waals surface area (Å²) in [5.41, 5.74) is 1.57. The molecule has 2 amide bonds. The summed E-state index contributed by atoms with van der Waals surface area (Å²) < 4.78 is 5.41. The molecule has 1 fully saturated rings. The predicted molar refractivity (Wildman–Crippen MR) is 81.4 cm³/mol. The molecule has 0 bridgehead atoms. The van der Waals surface area contributed by atoms with E-state index in [2.05, 4.69) is 5.32 Å². The molecule has 0 unspecified atom stereocenters. The highest BCUT2D eigenvalue weighted by Crippen LogP contribution is 2.21. The number of anilines is 1. The molecule has 1 saturated heterocycles. The lowest BCUT2D eigenvalue weighted by Crippen LogP contribution is -2.48. The Morgan fingerprint density at radius 2 is 2.29 bits per heavy atom. The van der Waals surface area contributed by atoms with Crippen LogP contribution in [-0.2, 0) is 14.3 Å². The first-order valence-corrected chi connectivity index (χ1v) is 7.35. The van der Waals surface area contributed by atoms with Crippen molar-refractivity contribution >= 4 is 29.1 Å². The summed E-state index contributed by atoms with van der Waals surface area (Å²) in [4.78, 5) is 25.8. The van der Waals surface area contributed by atoms with E-state index >= 15 is 0 Å². The first-order valence-electron chi connectivity index (χ1n) is 6.97. The molecule has 1 atom stereocenters. The molecule has 1 heterocycles. The van der Waals surface area contributed by atoms with E-state index in [4.69, 9.17) is 16.3 Å². The van der Waals surface area contributed by atoms with Gasteiger partial charge in [0.25, 0.3) is 5.91 Å². The Hall–Kier alpha value is -1.59. The quantitative estimate of drug-likeness (QED) is 0.927. The summed E-state index contributed by atoms with van der Waals surface area (Å²) in [7, 11) is 0. The van der Waals surface area contributed by atoms with Gasteiger partial charge in [-0.25, -0.2) is 0 Å². The number of nitrogens with zero attached hydrogens (tertiary/aromatic N) is 1. The Labute approximate surface area is 129 Å². The lowest BCUT2D eigenvalue weighted by Gasteiger charge is -2.31. The van der Waals surface area contributed by atoms with E-state index in [0.717, 1.165) is 5.56 Å². The van der Waals surface area contributed by atoms with Crippen LogP contribution in [0.4, 0.5) is 5.69 Å². The van der Waals surface area contributed by atoms with Crippen molar-refractivity contribution in [1.82, 2.24) is 4.90 Å². The third-order valence-corrected chi connectivity index (χ3v) is 3.73. The zero-order chi connectivity index (χ0) is 15.4. The number of carbonyl (C=O) groups is 2. The van der Waals surface area contributed by atoms with Gasteiger partial charge in [-0.1, -0.05) is 17.7 Å². The predicted octanol–water partition coefficient (Wildman–Crippen LogP) is 2.22. The normalized spacial score (nSPS) is 18.7. The molecule has 21 heavy (non-hydrogen) atoms. The van der Waals surface area contributed by atoms with Gasteiger partial charge in [0.05, 0.1) is 13.0 Å². The van der Waals surface area contributed by atoms with Crippen molar-refractivity contribution in [3.05, 3.63) is 28.8 Å². The fourth-order valence-corrected chi connectivity index (χ4v) is 2.42. The van der Waals surface area contributed by atoms with Crippen LogP contribution in [0.2, 0.25) is 5.02 Å². The van der Waals surface area contributed by atoms with Gasteiger partial charge in [0.2, 0.25) is 5.91 Å². The molecule has 1 aliphatic heterocycles. The van der Waals surface area contributed by atoms with Crippen molar-refractivity contribution in [3.8, 4) is 0 Å². The molecule has 0 aliphatic carbocycles. The fourth-order valence-electron chi connectivity index (χ4n) is 2.25. The maximum Gasteiger partial charge on any atom is 0.252 e. The summed E-state index contributed by atoms with van der Waals surface area (Å²) in [6.45, 7) is 5.48. The van der Waals surface area contributed by atoms with Gasteiger partial charge in [-0.3, -0.25) is 9.59 Å². The van der Waals surface area contributed by atoms with Gasteiger partial charge in [0.1, 0.15) is 6.10 Å². The lowest BCUT2D eigenvalue weighted by molar-refractivity contribution is -0.154. The third-order valence-electron chi connectivity index (χ3n) is 3.49. The van der Waals surface area contributed by atoms with E-state index in [9.17, 15) is 9.59 Å². The Kier molecular flexibility index (Phi) is 5.20. The average Bonchev–Trinajstić information content (AvgIpc) is 2.45. The van der Waals surface area contributed by atoms with Gasteiger partial charge in [0.15, 0.2) is 0 Å². The number of hydrogen-bond acceptors (Lipinski definition) is 3. The molecule has 0 radical (unpaired) electrons. The second kappa shape index (κ2) is 6.91. The van der Waals surface area contributed by atoms with Crippen LogP contribution < -0.4 is 5.32 Å². The Balaban J connectivity index is 1.98. The van der Waals surface area contributed by atoms with Crippen molar-refractivity contribution in [2.45, 2.75) is 26.4 Å². The zero-order valence-electron chi connectivity index (χ0n) is 12.2. The van der Waals surface area contributed by atoms with Crippen LogP contribution in [0.25, 0.3) is 0 Å². The molecule has 1 aromatic rings. The van der Waals surface area contributed by atoms with E-state index in [1.54, 1.807) is 17.0 Å². The standard InChI is InChI=1S/C15H19ClN2O3/c1-3-18-6-7-21-13(15(18)20)9-14(19)17-12-8-11(16)5-4-10(12)2/h4-5,8,13H,3,6-7,9H2,1-2H3,(H,17,19)/t13-/m1/s1. The molecular weight excluding hydrogens is 292 g/mol. The summed E-state index contributed by atoms with van der Waals surface area (Å²) in [6.07, 6.45) is -0.681. The first-order chi connectivity index (χ1) is 10.0. The summed E-state index contributed by atoms with van der Waals surface area (Å²) in [5, 5.41) is 3.33. The van der Waals surface area contributed by atoms with Crippen LogP contribution >= 0.6 is 11.6 Å². The number of morpholine rings is 1. The number of rotatable bonds is 4. The maximum atomic E-state index is 12.1. The van der Waals surface area contributed by atoms with Gasteiger partial charge in [-0.2, -0.15) is 0 Å². The second-order valence-electron chi connectivity index (χ2n) is 4.99. The van der Waals surface area contributed by atoms with Crippen LogP contribution in [0, 0.1) is 6.92 Å². The van der Waals surface area contributed by atoms with Gasteiger partial charge >= 0.3 is 0 Å². The van der Waals surface area contributed by atoms with Crippen molar-refractivity contribution in [2.24, 2.45) is 0 Å². The largest absolute Gasteiger partial charge is 0.366 e. The summed E-state index contributed by atoms with van der Waals surface area (Å²) >= 11 is 5.92. The van der Waals surface area contributed by atoms with Crippen molar-refractivity contribution in [2.75, 3.05) is 25.0 Å². The highest BCUT2D eigenvalue weighted by Gasteiger charge is 2.30. The number of likely N-dealkylation sites (N-methyl/N-ethyl adjacent to an activating group) is 1. The molecule has 114 valence electrons. The minimum Gasteiger partial charge on any atom is -0.366 e.